The minimum absolute atomic E-state index is 0.0642. The number of benzene rings is 2. The number of hydrogen-bond donors (Lipinski definition) is 1. The maximum absolute atomic E-state index is 12.9. The van der Waals surface area contributed by atoms with Gasteiger partial charge in [-0.25, -0.2) is 4.79 Å². The van der Waals surface area contributed by atoms with Gasteiger partial charge >= 0.3 is 11.9 Å². The van der Waals surface area contributed by atoms with Crippen LogP contribution in [0.3, 0.4) is 0 Å². The van der Waals surface area contributed by atoms with Crippen LogP contribution in [-0.4, -0.2) is 35.8 Å². The first-order valence-corrected chi connectivity index (χ1v) is 9.10. The molecule has 0 saturated carbocycles. The molecule has 0 fully saturated rings. The highest BCUT2D eigenvalue weighted by Gasteiger charge is 2.29. The van der Waals surface area contributed by atoms with Crippen molar-refractivity contribution < 1.29 is 29.0 Å². The number of nitrogens with zero attached hydrogens (tertiary/aromatic N) is 2. The molecule has 8 nitrogen and oxygen atoms in total. The van der Waals surface area contributed by atoms with Crippen molar-refractivity contribution in [1.82, 2.24) is 0 Å². The Labute approximate surface area is 177 Å². The number of carbonyl (C=O) groups is 3. The van der Waals surface area contributed by atoms with Crippen LogP contribution < -0.4 is 14.5 Å². The molecule has 1 heterocycles. The van der Waals surface area contributed by atoms with Gasteiger partial charge in [0.1, 0.15) is 0 Å². The van der Waals surface area contributed by atoms with Gasteiger partial charge in [-0.2, -0.15) is 10.1 Å². The summed E-state index contributed by atoms with van der Waals surface area (Å²) in [4.78, 5) is 35.4. The summed E-state index contributed by atoms with van der Waals surface area (Å²) in [6.07, 6.45) is 1.62. The van der Waals surface area contributed by atoms with E-state index in [0.717, 1.165) is 5.01 Å². The topological polar surface area (TPSA) is 106 Å². The van der Waals surface area contributed by atoms with E-state index in [4.69, 9.17) is 21.1 Å². The van der Waals surface area contributed by atoms with E-state index in [-0.39, 0.29) is 22.0 Å². The number of anilines is 1. The number of carboxylic acids is 1. The smallest absolute Gasteiger partial charge is 0.337 e. The number of rotatable bonds is 5. The molecule has 0 aromatic heterocycles. The van der Waals surface area contributed by atoms with Crippen molar-refractivity contribution in [3.05, 3.63) is 58.1 Å². The number of amides is 1. The quantitative estimate of drug-likeness (QED) is 0.441. The van der Waals surface area contributed by atoms with Crippen molar-refractivity contribution in [2.75, 3.05) is 12.1 Å². The number of carbonyl (C=O) groups excluding carboxylic acids is 2. The summed E-state index contributed by atoms with van der Waals surface area (Å²) < 4.78 is 10.3. The fourth-order valence-electron chi connectivity index (χ4n) is 2.85. The lowest BCUT2D eigenvalue weighted by Gasteiger charge is -2.13. The molecule has 9 heteroatoms. The zero-order valence-corrected chi connectivity index (χ0v) is 17.1. The highest BCUT2D eigenvalue weighted by molar-refractivity contribution is 6.34. The van der Waals surface area contributed by atoms with E-state index in [1.807, 2.05) is 0 Å². The molecule has 0 aliphatic carbocycles. The number of hydrazone groups is 1. The van der Waals surface area contributed by atoms with Gasteiger partial charge in [-0.05, 0) is 48.9 Å². The number of ether oxygens (including phenoxy) is 2. The lowest BCUT2D eigenvalue weighted by molar-refractivity contribution is -0.132. The van der Waals surface area contributed by atoms with Crippen LogP contribution in [0.2, 0.25) is 5.02 Å². The zero-order chi connectivity index (χ0) is 22.0. The average Bonchev–Trinajstić information content (AvgIpc) is 2.97. The number of methoxy groups -OCH3 is 1. The van der Waals surface area contributed by atoms with Gasteiger partial charge in [0, 0.05) is 6.92 Å². The van der Waals surface area contributed by atoms with Gasteiger partial charge in [0.05, 0.1) is 34.7 Å². The van der Waals surface area contributed by atoms with Crippen molar-refractivity contribution in [2.45, 2.75) is 13.8 Å². The summed E-state index contributed by atoms with van der Waals surface area (Å²) in [7, 11) is 1.44. The number of halogens is 1. The average molecular weight is 429 g/mol. The van der Waals surface area contributed by atoms with E-state index < -0.39 is 17.8 Å². The van der Waals surface area contributed by atoms with Gasteiger partial charge in [0.2, 0.25) is 0 Å². The second-order valence-electron chi connectivity index (χ2n) is 6.33. The summed E-state index contributed by atoms with van der Waals surface area (Å²) in [6, 6.07) is 9.07. The molecular weight excluding hydrogens is 412 g/mol. The van der Waals surface area contributed by atoms with Crippen LogP contribution in [0, 0.1) is 0 Å². The lowest BCUT2D eigenvalue weighted by atomic mass is 10.1. The summed E-state index contributed by atoms with van der Waals surface area (Å²) >= 11 is 5.90. The van der Waals surface area contributed by atoms with Crippen LogP contribution in [0.1, 0.15) is 29.8 Å². The van der Waals surface area contributed by atoms with Crippen LogP contribution in [0.4, 0.5) is 5.69 Å². The maximum atomic E-state index is 12.9. The largest absolute Gasteiger partial charge is 0.493 e. The van der Waals surface area contributed by atoms with E-state index in [2.05, 4.69) is 5.10 Å². The van der Waals surface area contributed by atoms with E-state index in [9.17, 15) is 19.5 Å². The lowest BCUT2D eigenvalue weighted by Crippen LogP contribution is -2.21. The standard InChI is InChI=1S/C21H17ClN2O6/c1-11-15(8-13-4-7-18(30-12(2)25)19(9-13)29-3)20(26)24(23-11)14-5-6-17(22)16(10-14)21(27)28/h4-10H,1-3H3,(H,27,28). The Balaban J connectivity index is 1.94. The molecule has 3 rings (SSSR count). The van der Waals surface area contributed by atoms with Gasteiger partial charge < -0.3 is 14.6 Å². The summed E-state index contributed by atoms with van der Waals surface area (Å²) in [5.41, 5.74) is 1.56. The first-order valence-electron chi connectivity index (χ1n) is 8.72. The Hall–Kier alpha value is -3.65. The summed E-state index contributed by atoms with van der Waals surface area (Å²) in [6.45, 7) is 2.95. The predicted octanol–water partition coefficient (Wildman–Crippen LogP) is 3.78. The highest BCUT2D eigenvalue weighted by Crippen LogP contribution is 2.31. The van der Waals surface area contributed by atoms with Crippen LogP contribution >= 0.6 is 11.6 Å². The molecule has 0 unspecified atom stereocenters. The highest BCUT2D eigenvalue weighted by atomic mass is 35.5. The molecule has 154 valence electrons. The minimum Gasteiger partial charge on any atom is -0.493 e. The fourth-order valence-corrected chi connectivity index (χ4v) is 3.05. The van der Waals surface area contributed by atoms with E-state index in [0.29, 0.717) is 22.6 Å². The van der Waals surface area contributed by atoms with Crippen LogP contribution in [0.5, 0.6) is 11.5 Å². The Bertz CT molecular complexity index is 1120. The Morgan fingerprint density at radius 2 is 1.90 bits per heavy atom. The second-order valence-corrected chi connectivity index (χ2v) is 6.74. The maximum Gasteiger partial charge on any atom is 0.337 e. The van der Waals surface area contributed by atoms with E-state index in [1.54, 1.807) is 31.2 Å². The molecule has 2 aromatic carbocycles. The molecule has 0 radical (unpaired) electrons. The number of hydrogen-bond acceptors (Lipinski definition) is 6. The molecule has 0 atom stereocenters. The molecule has 0 bridgehead atoms. The SMILES string of the molecule is COc1cc(C=C2C(=O)N(c3ccc(Cl)c(C(=O)O)c3)N=C2C)ccc1OC(C)=O. The molecule has 1 amide bonds. The Morgan fingerprint density at radius 3 is 2.53 bits per heavy atom. The van der Waals surface area contributed by atoms with Crippen molar-refractivity contribution in [3.8, 4) is 11.5 Å². The van der Waals surface area contributed by atoms with Crippen LogP contribution in [0.15, 0.2) is 47.1 Å². The first-order chi connectivity index (χ1) is 14.2. The second kappa shape index (κ2) is 8.38. The molecule has 30 heavy (non-hydrogen) atoms. The van der Waals surface area contributed by atoms with E-state index in [1.165, 1.54) is 32.2 Å². The summed E-state index contributed by atoms with van der Waals surface area (Å²) in [5, 5.41) is 14.7. The molecule has 1 aliphatic heterocycles. The number of aromatic carboxylic acids is 1. The predicted molar refractivity (Wildman–Crippen MR) is 111 cm³/mol. The molecular formula is C21H17ClN2O6. The monoisotopic (exact) mass is 428 g/mol. The van der Waals surface area contributed by atoms with Crippen molar-refractivity contribution in [1.29, 1.82) is 0 Å². The minimum atomic E-state index is -1.20. The van der Waals surface area contributed by atoms with Gasteiger partial charge in [-0.15, -0.1) is 0 Å². The van der Waals surface area contributed by atoms with E-state index >= 15 is 0 Å². The van der Waals surface area contributed by atoms with Crippen LogP contribution in [0.25, 0.3) is 6.08 Å². The van der Waals surface area contributed by atoms with Gasteiger partial charge in [0.25, 0.3) is 5.91 Å². The number of esters is 1. The third-order valence-corrected chi connectivity index (χ3v) is 4.57. The Morgan fingerprint density at radius 1 is 1.17 bits per heavy atom. The van der Waals surface area contributed by atoms with Crippen LogP contribution in [-0.2, 0) is 9.59 Å². The fraction of sp³-hybridized carbons (Fsp3) is 0.143. The molecule has 1 N–H and O–H groups in total. The molecule has 1 aliphatic rings. The third-order valence-electron chi connectivity index (χ3n) is 4.24. The van der Waals surface area contributed by atoms with Crippen molar-refractivity contribution in [2.24, 2.45) is 5.10 Å². The molecule has 0 saturated heterocycles. The van der Waals surface area contributed by atoms with Gasteiger partial charge in [0.15, 0.2) is 11.5 Å². The summed E-state index contributed by atoms with van der Waals surface area (Å²) in [5.74, 6) is -1.51. The first kappa shape index (κ1) is 21.1. The number of carboxylic acid groups (broad SMARTS) is 1. The molecule has 2 aromatic rings. The zero-order valence-electron chi connectivity index (χ0n) is 16.3. The molecule has 0 spiro atoms. The normalized spacial score (nSPS) is 14.7. The van der Waals surface area contributed by atoms with Gasteiger partial charge in [-0.3, -0.25) is 9.59 Å². The van der Waals surface area contributed by atoms with Crippen molar-refractivity contribution in [3.63, 3.8) is 0 Å². The third kappa shape index (κ3) is 4.18. The Kier molecular flexibility index (Phi) is 5.89. The van der Waals surface area contributed by atoms with Crippen molar-refractivity contribution >= 4 is 46.9 Å². The van der Waals surface area contributed by atoms with Gasteiger partial charge in [-0.1, -0.05) is 17.7 Å².